The van der Waals surface area contributed by atoms with Gasteiger partial charge in [0.2, 0.25) is 5.91 Å². The number of nitrogens with zero attached hydrogens (tertiary/aromatic N) is 1. The zero-order valence-corrected chi connectivity index (χ0v) is 21.2. The summed E-state index contributed by atoms with van der Waals surface area (Å²) in [5, 5.41) is 2.85. The Morgan fingerprint density at radius 2 is 1.87 bits per heavy atom. The molecule has 1 aliphatic heterocycles. The molecule has 6 nitrogen and oxygen atoms in total. The normalized spacial score (nSPS) is 14.6. The number of benzene rings is 3. The third kappa shape index (κ3) is 5.62. The summed E-state index contributed by atoms with van der Waals surface area (Å²) in [6.07, 6.45) is 1.09. The van der Waals surface area contributed by atoms with Gasteiger partial charge in [0.05, 0.1) is 6.04 Å². The maximum atomic E-state index is 14.1. The first-order valence-corrected chi connectivity index (χ1v) is 12.7. The van der Waals surface area contributed by atoms with Gasteiger partial charge in [0.25, 0.3) is 5.91 Å². The van der Waals surface area contributed by atoms with Crippen molar-refractivity contribution < 1.29 is 23.1 Å². The van der Waals surface area contributed by atoms with Crippen LogP contribution in [-0.2, 0) is 24.4 Å². The zero-order chi connectivity index (χ0) is 26.5. The molecule has 0 radical (unpaired) electrons. The monoisotopic (exact) mass is 512 g/mol. The molecule has 7 heteroatoms. The van der Waals surface area contributed by atoms with Gasteiger partial charge in [0.1, 0.15) is 23.9 Å². The van der Waals surface area contributed by atoms with Crippen molar-refractivity contribution in [3.63, 3.8) is 0 Å². The van der Waals surface area contributed by atoms with Gasteiger partial charge in [0, 0.05) is 19.5 Å². The molecule has 38 heavy (non-hydrogen) atoms. The maximum absolute atomic E-state index is 14.1. The summed E-state index contributed by atoms with van der Waals surface area (Å²) in [5.74, 6) is 0.703. The summed E-state index contributed by atoms with van der Waals surface area (Å²) >= 11 is 0. The quantitative estimate of drug-likeness (QED) is 0.323. The van der Waals surface area contributed by atoms with Crippen LogP contribution in [0.2, 0.25) is 0 Å². The smallest absolute Gasteiger partial charge is 0.287 e. The molecular formula is C31H29FN2O4. The molecule has 0 bridgehead atoms. The molecule has 0 saturated heterocycles. The van der Waals surface area contributed by atoms with Crippen molar-refractivity contribution in [3.05, 3.63) is 125 Å². The van der Waals surface area contributed by atoms with Crippen LogP contribution in [0.3, 0.4) is 0 Å². The van der Waals surface area contributed by atoms with E-state index in [2.05, 4.69) is 5.32 Å². The number of rotatable bonds is 8. The lowest BCUT2D eigenvalue weighted by atomic mass is 9.87. The lowest BCUT2D eigenvalue weighted by Gasteiger charge is -2.38. The Hall–Kier alpha value is -4.39. The molecule has 1 atom stereocenters. The van der Waals surface area contributed by atoms with Crippen molar-refractivity contribution in [2.45, 2.75) is 39.0 Å². The van der Waals surface area contributed by atoms with Crippen LogP contribution in [0.4, 0.5) is 4.39 Å². The molecule has 0 saturated carbocycles. The number of hydrogen-bond acceptors (Lipinski definition) is 4. The average molecular weight is 513 g/mol. The van der Waals surface area contributed by atoms with E-state index in [1.54, 1.807) is 18.2 Å². The lowest BCUT2D eigenvalue weighted by molar-refractivity contribution is -0.132. The molecule has 3 aromatic carbocycles. The van der Waals surface area contributed by atoms with Gasteiger partial charge < -0.3 is 19.4 Å². The van der Waals surface area contributed by atoms with E-state index < -0.39 is 6.04 Å². The Morgan fingerprint density at radius 3 is 2.66 bits per heavy atom. The molecule has 2 amide bonds. The molecule has 1 aromatic heterocycles. The van der Waals surface area contributed by atoms with Gasteiger partial charge in [-0.3, -0.25) is 9.59 Å². The van der Waals surface area contributed by atoms with Crippen LogP contribution in [0.1, 0.15) is 58.0 Å². The minimum Gasteiger partial charge on any atom is -0.486 e. The molecule has 194 valence electrons. The fraction of sp³-hybridized carbons (Fsp3) is 0.226. The second kappa shape index (κ2) is 11.3. The minimum atomic E-state index is -0.394. The highest BCUT2D eigenvalue weighted by Crippen LogP contribution is 2.38. The lowest BCUT2D eigenvalue weighted by Crippen LogP contribution is -2.40. The van der Waals surface area contributed by atoms with Gasteiger partial charge in [-0.25, -0.2) is 4.39 Å². The topological polar surface area (TPSA) is 71.8 Å². The van der Waals surface area contributed by atoms with Gasteiger partial charge in [-0.2, -0.15) is 0 Å². The Bertz CT molecular complexity index is 1430. The predicted octanol–water partition coefficient (Wildman–Crippen LogP) is 5.81. The molecule has 0 fully saturated rings. The summed E-state index contributed by atoms with van der Waals surface area (Å²) < 4.78 is 25.8. The van der Waals surface area contributed by atoms with Crippen molar-refractivity contribution >= 4 is 11.8 Å². The van der Waals surface area contributed by atoms with Crippen LogP contribution in [0.25, 0.3) is 0 Å². The van der Waals surface area contributed by atoms with E-state index in [1.807, 2.05) is 66.4 Å². The van der Waals surface area contributed by atoms with Gasteiger partial charge in [-0.15, -0.1) is 0 Å². The second-order valence-corrected chi connectivity index (χ2v) is 9.23. The largest absolute Gasteiger partial charge is 0.486 e. The maximum Gasteiger partial charge on any atom is 0.287 e. The predicted molar refractivity (Wildman–Crippen MR) is 141 cm³/mol. The second-order valence-electron chi connectivity index (χ2n) is 9.23. The van der Waals surface area contributed by atoms with E-state index >= 15 is 0 Å². The third-order valence-corrected chi connectivity index (χ3v) is 6.70. The van der Waals surface area contributed by atoms with Gasteiger partial charge in [-0.1, -0.05) is 55.5 Å². The van der Waals surface area contributed by atoms with E-state index in [0.717, 1.165) is 22.3 Å². The Morgan fingerprint density at radius 1 is 1.03 bits per heavy atom. The van der Waals surface area contributed by atoms with Crippen molar-refractivity contribution in [2.75, 3.05) is 6.54 Å². The first kappa shape index (κ1) is 25.3. The van der Waals surface area contributed by atoms with E-state index in [-0.39, 0.29) is 30.0 Å². The standard InChI is InChI=1S/C31H29FN2O4/c1-2-29(35)34-16-15-22-11-12-25(18-27(22)30(34)23-9-6-10-24(32)17-23)37-20-26-13-14-28(38-26)31(36)33-19-21-7-4-3-5-8-21/h3-14,17-18,30H,2,15-16,19-20H2,1H3,(H,33,36)/t30-/m1/s1. The van der Waals surface area contributed by atoms with Crippen LogP contribution in [-0.4, -0.2) is 23.3 Å². The van der Waals surface area contributed by atoms with E-state index in [9.17, 15) is 14.0 Å². The molecule has 1 aliphatic rings. The van der Waals surface area contributed by atoms with Gasteiger partial charge >= 0.3 is 0 Å². The molecule has 0 spiro atoms. The van der Waals surface area contributed by atoms with Crippen LogP contribution in [0.5, 0.6) is 5.75 Å². The summed E-state index contributed by atoms with van der Waals surface area (Å²) in [4.78, 5) is 27.1. The highest BCUT2D eigenvalue weighted by Gasteiger charge is 2.32. The molecule has 4 aromatic rings. The Kier molecular flexibility index (Phi) is 7.54. The number of amides is 2. The van der Waals surface area contributed by atoms with Crippen LogP contribution < -0.4 is 10.1 Å². The minimum absolute atomic E-state index is 0.0184. The molecular weight excluding hydrogens is 483 g/mol. The van der Waals surface area contributed by atoms with Crippen molar-refractivity contribution in [2.24, 2.45) is 0 Å². The number of carbonyl (C=O) groups is 2. The number of hydrogen-bond donors (Lipinski definition) is 1. The number of halogens is 1. The SMILES string of the molecule is CCC(=O)N1CCc2ccc(OCc3ccc(C(=O)NCc4ccccc4)o3)cc2[C@H]1c1cccc(F)c1. The van der Waals surface area contributed by atoms with Crippen LogP contribution in [0, 0.1) is 5.82 Å². The number of fused-ring (bicyclic) bond motifs is 1. The first-order valence-electron chi connectivity index (χ1n) is 12.7. The fourth-order valence-corrected chi connectivity index (χ4v) is 4.79. The summed E-state index contributed by atoms with van der Waals surface area (Å²) in [7, 11) is 0. The zero-order valence-electron chi connectivity index (χ0n) is 21.2. The first-order chi connectivity index (χ1) is 18.5. The Balaban J connectivity index is 1.30. The Labute approximate surface area is 221 Å². The molecule has 5 rings (SSSR count). The highest BCUT2D eigenvalue weighted by atomic mass is 19.1. The third-order valence-electron chi connectivity index (χ3n) is 6.70. The van der Waals surface area contributed by atoms with Crippen molar-refractivity contribution in [3.8, 4) is 5.75 Å². The van der Waals surface area contributed by atoms with E-state index in [0.29, 0.717) is 37.4 Å². The van der Waals surface area contributed by atoms with Crippen LogP contribution in [0.15, 0.2) is 89.3 Å². The molecule has 1 N–H and O–H groups in total. The number of carbonyl (C=O) groups excluding carboxylic acids is 2. The molecule has 2 heterocycles. The van der Waals surface area contributed by atoms with Crippen molar-refractivity contribution in [1.29, 1.82) is 0 Å². The van der Waals surface area contributed by atoms with Crippen LogP contribution >= 0.6 is 0 Å². The van der Waals surface area contributed by atoms with Gasteiger partial charge in [-0.05, 0) is 65.1 Å². The number of furan rings is 1. The average Bonchev–Trinajstić information content (AvgIpc) is 3.43. The highest BCUT2D eigenvalue weighted by molar-refractivity contribution is 5.91. The van der Waals surface area contributed by atoms with Crippen molar-refractivity contribution in [1.82, 2.24) is 10.2 Å². The molecule has 0 unspecified atom stereocenters. The summed E-state index contributed by atoms with van der Waals surface area (Å²) in [6.45, 7) is 2.94. The van der Waals surface area contributed by atoms with Gasteiger partial charge in [0.15, 0.2) is 5.76 Å². The number of ether oxygens (including phenoxy) is 1. The summed E-state index contributed by atoms with van der Waals surface area (Å²) in [6, 6.07) is 24.8. The fourth-order valence-electron chi connectivity index (χ4n) is 4.79. The summed E-state index contributed by atoms with van der Waals surface area (Å²) in [5.41, 5.74) is 3.74. The molecule has 0 aliphatic carbocycles. The van der Waals surface area contributed by atoms with E-state index in [4.69, 9.17) is 9.15 Å². The van der Waals surface area contributed by atoms with E-state index in [1.165, 1.54) is 12.1 Å². The number of nitrogens with one attached hydrogen (secondary N) is 1.